The molecule has 1 heterocycles. The fourth-order valence-electron chi connectivity index (χ4n) is 3.16. The van der Waals surface area contributed by atoms with Gasteiger partial charge in [0.15, 0.2) is 0 Å². The van der Waals surface area contributed by atoms with Crippen molar-refractivity contribution >= 4 is 21.7 Å². The molecule has 0 bridgehead atoms. The van der Waals surface area contributed by atoms with Crippen LogP contribution in [0.5, 0.6) is 0 Å². The van der Waals surface area contributed by atoms with E-state index in [1.54, 1.807) is 50.2 Å². The second kappa shape index (κ2) is 7.76. The minimum absolute atomic E-state index is 0.227. The second-order valence-electron chi connectivity index (χ2n) is 6.70. The quantitative estimate of drug-likeness (QED) is 0.532. The number of hydrogen-bond donors (Lipinski definition) is 3. The van der Waals surface area contributed by atoms with Crippen molar-refractivity contribution in [1.82, 2.24) is 4.98 Å². The lowest BCUT2D eigenvalue weighted by Crippen LogP contribution is -2.22. The highest BCUT2D eigenvalue weighted by molar-refractivity contribution is 7.90. The number of rotatable bonds is 6. The van der Waals surface area contributed by atoms with Crippen molar-refractivity contribution in [2.45, 2.75) is 19.8 Å². The first-order valence-electron chi connectivity index (χ1n) is 8.65. The Morgan fingerprint density at radius 3 is 2.24 bits per heavy atom. The Bertz CT molecular complexity index is 1150. The number of nitrogens with one attached hydrogen (secondary N) is 2. The Balaban J connectivity index is 1.95. The van der Waals surface area contributed by atoms with Crippen LogP contribution in [0, 0.1) is 18.6 Å². The van der Waals surface area contributed by atoms with Crippen LogP contribution in [0.3, 0.4) is 0 Å². The molecule has 1 atom stereocenters. The molecule has 2 aromatic carbocycles. The van der Waals surface area contributed by atoms with Crippen LogP contribution in [-0.4, -0.2) is 19.2 Å². The third kappa shape index (κ3) is 4.52. The van der Waals surface area contributed by atoms with Crippen molar-refractivity contribution in [2.75, 3.05) is 4.72 Å². The Labute approximate surface area is 166 Å². The van der Waals surface area contributed by atoms with Gasteiger partial charge in [0.2, 0.25) is 5.78 Å². The Morgan fingerprint density at radius 2 is 1.69 bits per heavy atom. The van der Waals surface area contributed by atoms with Gasteiger partial charge in [-0.05, 0) is 30.7 Å². The van der Waals surface area contributed by atoms with Gasteiger partial charge in [-0.15, -0.1) is 0 Å². The van der Waals surface area contributed by atoms with Crippen molar-refractivity contribution in [1.29, 1.82) is 0 Å². The zero-order valence-corrected chi connectivity index (χ0v) is 16.5. The van der Waals surface area contributed by atoms with Gasteiger partial charge in [-0.2, -0.15) is 8.42 Å². The van der Waals surface area contributed by atoms with E-state index in [4.69, 9.17) is 5.14 Å². The summed E-state index contributed by atoms with van der Waals surface area (Å²) in [6.07, 6.45) is 0. The summed E-state index contributed by atoms with van der Waals surface area (Å²) in [6, 6.07) is 12.0. The van der Waals surface area contributed by atoms with Crippen molar-refractivity contribution in [3.63, 3.8) is 0 Å². The number of H-pyrrole nitrogens is 1. The maximum Gasteiger partial charge on any atom is 0.296 e. The molecule has 0 aliphatic rings. The summed E-state index contributed by atoms with van der Waals surface area (Å²) in [5.41, 5.74) is 1.35. The summed E-state index contributed by atoms with van der Waals surface area (Å²) >= 11 is 0. The monoisotopic (exact) mass is 419 g/mol. The minimum atomic E-state index is -4.16. The van der Waals surface area contributed by atoms with E-state index < -0.39 is 27.8 Å². The van der Waals surface area contributed by atoms with Crippen LogP contribution in [0.4, 0.5) is 14.5 Å². The molecular formula is C20H19F2N3O3S. The molecule has 0 saturated heterocycles. The van der Waals surface area contributed by atoms with E-state index >= 15 is 0 Å². The number of hydrogen-bond acceptors (Lipinski definition) is 3. The number of nitrogens with two attached hydrogens (primary N) is 1. The molecule has 6 nitrogen and oxygen atoms in total. The van der Waals surface area contributed by atoms with Gasteiger partial charge in [-0.25, -0.2) is 13.9 Å². The number of carbonyl (C=O) groups excluding carboxylic acids is 1. The van der Waals surface area contributed by atoms with Gasteiger partial charge in [0.25, 0.3) is 10.2 Å². The lowest BCUT2D eigenvalue weighted by atomic mass is 9.96. The van der Waals surface area contributed by atoms with E-state index in [-0.39, 0.29) is 17.0 Å². The zero-order valence-electron chi connectivity index (χ0n) is 15.7. The van der Waals surface area contributed by atoms with Crippen molar-refractivity contribution in [3.05, 3.63) is 88.2 Å². The average molecular weight is 419 g/mol. The summed E-state index contributed by atoms with van der Waals surface area (Å²) in [7, 11) is -4.16. The fourth-order valence-corrected chi connectivity index (χ4v) is 3.61. The van der Waals surface area contributed by atoms with Crippen LogP contribution in [0.2, 0.25) is 0 Å². The van der Waals surface area contributed by atoms with E-state index in [9.17, 15) is 22.0 Å². The molecule has 152 valence electrons. The molecular weight excluding hydrogens is 400 g/mol. The van der Waals surface area contributed by atoms with Gasteiger partial charge in [0, 0.05) is 22.7 Å². The highest BCUT2D eigenvalue weighted by Gasteiger charge is 2.23. The van der Waals surface area contributed by atoms with Gasteiger partial charge >= 0.3 is 0 Å². The van der Waals surface area contributed by atoms with Crippen LogP contribution >= 0.6 is 0 Å². The Morgan fingerprint density at radius 1 is 1.10 bits per heavy atom. The Kier molecular flexibility index (Phi) is 5.54. The van der Waals surface area contributed by atoms with Gasteiger partial charge in [0.1, 0.15) is 11.6 Å². The first-order valence-corrected chi connectivity index (χ1v) is 10.2. The average Bonchev–Trinajstić information content (AvgIpc) is 3.01. The van der Waals surface area contributed by atoms with Gasteiger partial charge in [0.05, 0.1) is 11.4 Å². The normalized spacial score (nSPS) is 12.6. The lowest BCUT2D eigenvalue weighted by molar-refractivity contribution is 0.103. The highest BCUT2D eigenvalue weighted by Crippen LogP contribution is 2.31. The van der Waals surface area contributed by atoms with Gasteiger partial charge in [-0.3, -0.25) is 9.52 Å². The maximum atomic E-state index is 14.6. The van der Waals surface area contributed by atoms with Crippen LogP contribution in [0.15, 0.2) is 48.5 Å². The number of aryl methyl sites for hydroxylation is 1. The molecule has 0 amide bonds. The predicted octanol–water partition coefficient (Wildman–Crippen LogP) is 3.60. The predicted molar refractivity (Wildman–Crippen MR) is 106 cm³/mol. The lowest BCUT2D eigenvalue weighted by Gasteiger charge is -2.14. The van der Waals surface area contributed by atoms with Crippen LogP contribution in [0.1, 0.15) is 45.7 Å². The summed E-state index contributed by atoms with van der Waals surface area (Å²) in [6.45, 7) is 3.31. The summed E-state index contributed by atoms with van der Waals surface area (Å²) in [4.78, 5) is 15.7. The van der Waals surface area contributed by atoms with Crippen LogP contribution in [-0.2, 0) is 10.2 Å². The summed E-state index contributed by atoms with van der Waals surface area (Å²) < 4.78 is 53.1. The molecule has 0 fully saturated rings. The molecule has 9 heteroatoms. The number of anilines is 1. The van der Waals surface area contributed by atoms with E-state index in [2.05, 4.69) is 4.98 Å². The number of aromatic nitrogens is 1. The first-order chi connectivity index (χ1) is 13.6. The van der Waals surface area contributed by atoms with Crippen molar-refractivity contribution in [3.8, 4) is 0 Å². The number of halogens is 2. The molecule has 1 unspecified atom stereocenters. The standard InChI is InChI=1S/C20H19F2N3O3S/c1-11-8-17(24-19(11)20(26)13-6-4-3-5-7-13)12(2)18-15(21)9-14(10-16(18)22)25-29(23,27)28/h3-10,12,24-25H,1-2H3,(H2,23,27,28). The molecule has 3 aromatic rings. The molecule has 3 rings (SSSR count). The maximum absolute atomic E-state index is 14.6. The van der Waals surface area contributed by atoms with Crippen molar-refractivity contribution in [2.24, 2.45) is 5.14 Å². The molecule has 0 radical (unpaired) electrons. The number of benzene rings is 2. The molecule has 0 aliphatic heterocycles. The molecule has 29 heavy (non-hydrogen) atoms. The number of ketones is 1. The number of carbonyl (C=O) groups is 1. The molecule has 0 spiro atoms. The van der Waals surface area contributed by atoms with E-state index in [1.807, 2.05) is 4.72 Å². The highest BCUT2D eigenvalue weighted by atomic mass is 32.2. The van der Waals surface area contributed by atoms with Crippen molar-refractivity contribution < 1.29 is 22.0 Å². The van der Waals surface area contributed by atoms with Gasteiger partial charge < -0.3 is 4.98 Å². The van der Waals surface area contributed by atoms with Crippen LogP contribution in [0.25, 0.3) is 0 Å². The minimum Gasteiger partial charge on any atom is -0.355 e. The second-order valence-corrected chi connectivity index (χ2v) is 7.99. The van der Waals surface area contributed by atoms with E-state index in [1.165, 1.54) is 0 Å². The number of aromatic amines is 1. The molecule has 0 saturated carbocycles. The third-order valence-electron chi connectivity index (χ3n) is 4.54. The van der Waals surface area contributed by atoms with E-state index in [0.717, 1.165) is 12.1 Å². The Hall–Kier alpha value is -3.04. The summed E-state index contributed by atoms with van der Waals surface area (Å²) in [5, 5.41) is 4.83. The first kappa shape index (κ1) is 20.7. The van der Waals surface area contributed by atoms with E-state index in [0.29, 0.717) is 22.5 Å². The summed E-state index contributed by atoms with van der Waals surface area (Å²) in [5.74, 6) is -2.86. The largest absolute Gasteiger partial charge is 0.355 e. The molecule has 0 aliphatic carbocycles. The third-order valence-corrected chi connectivity index (χ3v) is 5.06. The van der Waals surface area contributed by atoms with Crippen LogP contribution < -0.4 is 9.86 Å². The SMILES string of the molecule is Cc1cc(C(C)c2c(F)cc(NS(N)(=O)=O)cc2F)[nH]c1C(=O)c1ccccc1. The van der Waals surface area contributed by atoms with Gasteiger partial charge in [-0.1, -0.05) is 37.3 Å². The fraction of sp³-hybridized carbons (Fsp3) is 0.150. The molecule has 1 aromatic heterocycles. The smallest absolute Gasteiger partial charge is 0.296 e. The zero-order chi connectivity index (χ0) is 21.3. The topological polar surface area (TPSA) is 105 Å². The molecule has 4 N–H and O–H groups in total.